The third-order valence-electron chi connectivity index (χ3n) is 5.09. The summed E-state index contributed by atoms with van der Waals surface area (Å²) in [5.41, 5.74) is 5.24. The fourth-order valence-electron chi connectivity index (χ4n) is 3.43. The number of nitrogens with one attached hydrogen (secondary N) is 2. The molecular formula is C25H37N5O6. The number of ether oxygens (including phenoxy) is 1. The molecule has 36 heavy (non-hydrogen) atoms. The second-order valence-electron chi connectivity index (χ2n) is 9.44. The van der Waals surface area contributed by atoms with Gasteiger partial charge in [0.15, 0.2) is 0 Å². The third-order valence-corrected chi connectivity index (χ3v) is 5.09. The standard InChI is InChI=1S/C25H37N5O6/c1-6-7-8-12-28-22(33)21(17-9-10-19(31)16(2)14-17)30(13-11-26)23(34)18(15-20(27)32)29-24(35)36-25(3,4)5/h9-10,14,18,21,31H,6-8,12-13,15H2,1-5H3,(H2,27,32)(H,28,33)(H,29,35). The molecule has 0 spiro atoms. The normalized spacial score (nSPS) is 12.6. The van der Waals surface area contributed by atoms with E-state index in [1.54, 1.807) is 27.7 Å². The van der Waals surface area contributed by atoms with Crippen LogP contribution in [0.5, 0.6) is 5.75 Å². The number of rotatable bonds is 12. The topological polar surface area (TPSA) is 175 Å². The fraction of sp³-hybridized carbons (Fsp3) is 0.560. The molecule has 5 N–H and O–H groups in total. The zero-order valence-corrected chi connectivity index (χ0v) is 21.6. The second kappa shape index (κ2) is 13.9. The van der Waals surface area contributed by atoms with Gasteiger partial charge in [0.25, 0.3) is 0 Å². The largest absolute Gasteiger partial charge is 0.508 e. The van der Waals surface area contributed by atoms with Crippen molar-refractivity contribution in [3.63, 3.8) is 0 Å². The van der Waals surface area contributed by atoms with Crippen molar-refractivity contribution >= 4 is 23.8 Å². The molecule has 1 aromatic rings. The molecule has 198 valence electrons. The lowest BCUT2D eigenvalue weighted by Crippen LogP contribution is -2.54. The minimum Gasteiger partial charge on any atom is -0.508 e. The van der Waals surface area contributed by atoms with Crippen LogP contribution in [0.3, 0.4) is 0 Å². The fourth-order valence-corrected chi connectivity index (χ4v) is 3.43. The Balaban J connectivity index is 3.43. The van der Waals surface area contributed by atoms with Crippen LogP contribution in [0.1, 0.15) is 70.5 Å². The van der Waals surface area contributed by atoms with Crippen molar-refractivity contribution in [2.75, 3.05) is 13.1 Å². The van der Waals surface area contributed by atoms with E-state index in [-0.39, 0.29) is 5.75 Å². The van der Waals surface area contributed by atoms with Gasteiger partial charge in [-0.2, -0.15) is 5.26 Å². The smallest absolute Gasteiger partial charge is 0.408 e. The first-order valence-corrected chi connectivity index (χ1v) is 11.8. The summed E-state index contributed by atoms with van der Waals surface area (Å²) in [6, 6.07) is 3.52. The Labute approximate surface area is 212 Å². The number of primary amides is 1. The molecule has 0 saturated carbocycles. The molecule has 1 aromatic carbocycles. The van der Waals surface area contributed by atoms with Gasteiger partial charge in [-0.1, -0.05) is 25.8 Å². The van der Waals surface area contributed by atoms with Crippen molar-refractivity contribution in [2.45, 2.75) is 78.0 Å². The van der Waals surface area contributed by atoms with Gasteiger partial charge in [0.2, 0.25) is 17.7 Å². The van der Waals surface area contributed by atoms with Gasteiger partial charge in [-0.05, 0) is 57.4 Å². The molecule has 11 nitrogen and oxygen atoms in total. The van der Waals surface area contributed by atoms with E-state index in [1.807, 2.05) is 13.0 Å². The molecule has 0 saturated heterocycles. The van der Waals surface area contributed by atoms with Crippen molar-refractivity contribution in [1.29, 1.82) is 5.26 Å². The summed E-state index contributed by atoms with van der Waals surface area (Å²) >= 11 is 0. The highest BCUT2D eigenvalue weighted by atomic mass is 16.6. The highest BCUT2D eigenvalue weighted by Crippen LogP contribution is 2.27. The number of phenolic OH excluding ortho intramolecular Hbond substituents is 1. The number of alkyl carbamates (subject to hydrolysis) is 1. The van der Waals surface area contributed by atoms with Crippen LogP contribution >= 0.6 is 0 Å². The summed E-state index contributed by atoms with van der Waals surface area (Å²) in [7, 11) is 0. The number of nitrogens with two attached hydrogens (primary N) is 1. The number of carbonyl (C=O) groups is 4. The summed E-state index contributed by atoms with van der Waals surface area (Å²) in [6.07, 6.45) is 1.03. The molecule has 0 aliphatic carbocycles. The van der Waals surface area contributed by atoms with Crippen molar-refractivity contribution in [2.24, 2.45) is 5.73 Å². The lowest BCUT2D eigenvalue weighted by molar-refractivity contribution is -0.142. The first kappa shape index (κ1) is 30.2. The van der Waals surface area contributed by atoms with Gasteiger partial charge in [0.1, 0.15) is 30.0 Å². The lowest BCUT2D eigenvalue weighted by Gasteiger charge is -2.32. The van der Waals surface area contributed by atoms with E-state index >= 15 is 0 Å². The summed E-state index contributed by atoms with van der Waals surface area (Å²) < 4.78 is 5.19. The predicted octanol–water partition coefficient (Wildman–Crippen LogP) is 2.17. The van der Waals surface area contributed by atoms with Crippen LogP contribution in [0.2, 0.25) is 0 Å². The summed E-state index contributed by atoms with van der Waals surface area (Å²) in [5, 5.41) is 24.6. The van der Waals surface area contributed by atoms with Crippen LogP contribution in [0, 0.1) is 18.3 Å². The third kappa shape index (κ3) is 9.82. The van der Waals surface area contributed by atoms with E-state index in [0.717, 1.165) is 24.2 Å². The molecule has 11 heteroatoms. The summed E-state index contributed by atoms with van der Waals surface area (Å²) in [6.45, 7) is 8.38. The van der Waals surface area contributed by atoms with Crippen LogP contribution in [0.4, 0.5) is 4.79 Å². The highest BCUT2D eigenvalue weighted by Gasteiger charge is 2.37. The molecule has 0 aromatic heterocycles. The van der Waals surface area contributed by atoms with Gasteiger partial charge in [0.05, 0.1) is 12.5 Å². The van der Waals surface area contributed by atoms with Crippen molar-refractivity contribution < 1.29 is 29.0 Å². The first-order valence-electron chi connectivity index (χ1n) is 11.8. The number of nitrogens with zero attached hydrogens (tertiary/aromatic N) is 2. The maximum Gasteiger partial charge on any atom is 0.408 e. The zero-order chi connectivity index (χ0) is 27.5. The van der Waals surface area contributed by atoms with Gasteiger partial charge in [-0.15, -0.1) is 0 Å². The van der Waals surface area contributed by atoms with Gasteiger partial charge in [-0.3, -0.25) is 14.4 Å². The molecule has 0 radical (unpaired) electrons. The number of amides is 4. The number of aromatic hydroxyl groups is 1. The molecule has 2 unspecified atom stereocenters. The Morgan fingerprint density at radius 2 is 1.89 bits per heavy atom. The summed E-state index contributed by atoms with van der Waals surface area (Å²) in [4.78, 5) is 51.9. The predicted molar refractivity (Wildman–Crippen MR) is 132 cm³/mol. The Kier molecular flexibility index (Phi) is 11.7. The minimum atomic E-state index is -1.47. The number of hydrogen-bond donors (Lipinski definition) is 4. The molecular weight excluding hydrogens is 466 g/mol. The minimum absolute atomic E-state index is 0.00258. The lowest BCUT2D eigenvalue weighted by atomic mass is 9.99. The zero-order valence-electron chi connectivity index (χ0n) is 21.6. The molecule has 1 rings (SSSR count). The highest BCUT2D eigenvalue weighted by molar-refractivity contribution is 5.94. The second-order valence-corrected chi connectivity index (χ2v) is 9.44. The van der Waals surface area contributed by atoms with Crippen molar-refractivity contribution in [3.05, 3.63) is 29.3 Å². The Morgan fingerprint density at radius 3 is 2.42 bits per heavy atom. The van der Waals surface area contributed by atoms with Gasteiger partial charge in [-0.25, -0.2) is 4.79 Å². The van der Waals surface area contributed by atoms with E-state index in [9.17, 15) is 29.5 Å². The molecule has 0 heterocycles. The van der Waals surface area contributed by atoms with Crippen molar-refractivity contribution in [3.8, 4) is 11.8 Å². The SMILES string of the molecule is CCCCCNC(=O)C(c1ccc(O)c(C)c1)N(CC#N)C(=O)C(CC(N)=O)NC(=O)OC(C)(C)C. The van der Waals surface area contributed by atoms with E-state index in [2.05, 4.69) is 10.6 Å². The molecule has 0 aliphatic rings. The Bertz CT molecular complexity index is 982. The quantitative estimate of drug-likeness (QED) is 0.250. The Morgan fingerprint density at radius 1 is 1.22 bits per heavy atom. The van der Waals surface area contributed by atoms with Gasteiger partial charge >= 0.3 is 6.09 Å². The van der Waals surface area contributed by atoms with Crippen LogP contribution in [-0.2, 0) is 19.1 Å². The van der Waals surface area contributed by atoms with Crippen molar-refractivity contribution in [1.82, 2.24) is 15.5 Å². The average molecular weight is 504 g/mol. The maximum absolute atomic E-state index is 13.6. The number of aryl methyl sites for hydroxylation is 1. The number of phenols is 1. The van der Waals surface area contributed by atoms with Crippen LogP contribution in [0.25, 0.3) is 0 Å². The van der Waals surface area contributed by atoms with Crippen LogP contribution in [-0.4, -0.2) is 58.6 Å². The van der Waals surface area contributed by atoms with Gasteiger partial charge in [0, 0.05) is 6.54 Å². The number of unbranched alkanes of at least 4 members (excludes halogenated alkanes) is 2. The van der Waals surface area contributed by atoms with Crippen LogP contribution < -0.4 is 16.4 Å². The maximum atomic E-state index is 13.6. The van der Waals surface area contributed by atoms with E-state index < -0.39 is 54.5 Å². The number of benzene rings is 1. The van der Waals surface area contributed by atoms with Crippen LogP contribution in [0.15, 0.2) is 18.2 Å². The number of carbonyl (C=O) groups excluding carboxylic acids is 4. The first-order chi connectivity index (χ1) is 16.8. The van der Waals surface area contributed by atoms with E-state index in [1.165, 1.54) is 18.2 Å². The van der Waals surface area contributed by atoms with E-state index in [4.69, 9.17) is 10.5 Å². The molecule has 0 fully saturated rings. The summed E-state index contributed by atoms with van der Waals surface area (Å²) in [5.74, 6) is -2.28. The number of nitriles is 1. The van der Waals surface area contributed by atoms with E-state index in [0.29, 0.717) is 17.7 Å². The molecule has 4 amide bonds. The monoisotopic (exact) mass is 503 g/mol. The van der Waals surface area contributed by atoms with Gasteiger partial charge < -0.3 is 31.1 Å². The average Bonchev–Trinajstić information content (AvgIpc) is 2.76. The molecule has 0 bridgehead atoms. The number of hydrogen-bond acceptors (Lipinski definition) is 7. The Hall–Kier alpha value is -3.81. The molecule has 0 aliphatic heterocycles. The molecule has 2 atom stereocenters.